The van der Waals surface area contributed by atoms with Gasteiger partial charge in [-0.15, -0.1) is 0 Å². The number of amides is 1. The van der Waals surface area contributed by atoms with Crippen LogP contribution in [-0.2, 0) is 18.4 Å². The fourth-order valence-corrected chi connectivity index (χ4v) is 5.05. The van der Waals surface area contributed by atoms with E-state index in [2.05, 4.69) is 31.3 Å². The number of quaternary nitrogens is 1. The number of allylic oxidation sites excluding steroid dienone is 2. The third kappa shape index (κ3) is 26.2. The number of hydrogen-bond acceptors (Lipinski definition) is 6. The third-order valence-electron chi connectivity index (χ3n) is 7.00. The van der Waals surface area contributed by atoms with Crippen LogP contribution in [0.25, 0.3) is 0 Å². The molecule has 0 aliphatic rings. The van der Waals surface area contributed by atoms with Crippen molar-refractivity contribution in [1.29, 1.82) is 0 Å². The second kappa shape index (κ2) is 24.8. The molecule has 1 unspecified atom stereocenters. The number of phosphoric ester groups is 1. The molecule has 8 nitrogen and oxygen atoms in total. The summed E-state index contributed by atoms with van der Waals surface area (Å²) in [6, 6.07) is -0.806. The summed E-state index contributed by atoms with van der Waals surface area (Å²) in [5, 5.41) is 13.6. The maximum absolute atomic E-state index is 12.6. The summed E-state index contributed by atoms with van der Waals surface area (Å²) in [4.78, 5) is 24.9. The molecule has 238 valence electrons. The smallest absolute Gasteiger partial charge is 0.268 e. The Hall–Kier alpha value is -0.760. The SMILES string of the molecule is CCCCCCC/C=C/CCCC[C@@H](O)[C@H](COP(=O)([O-])OCC[N+](C)(C)C)NC(=O)CCCCCCCCC. The number of unbranched alkanes of at least 4 members (excludes halogenated alkanes) is 13. The molecule has 0 rings (SSSR count). The van der Waals surface area contributed by atoms with Crippen LogP contribution < -0.4 is 10.2 Å². The van der Waals surface area contributed by atoms with Crippen molar-refractivity contribution in [2.24, 2.45) is 0 Å². The van der Waals surface area contributed by atoms with Crippen molar-refractivity contribution in [3.8, 4) is 0 Å². The third-order valence-corrected chi connectivity index (χ3v) is 7.97. The van der Waals surface area contributed by atoms with E-state index in [9.17, 15) is 19.4 Å². The molecule has 0 fully saturated rings. The Morgan fingerprint density at radius 2 is 1.38 bits per heavy atom. The highest BCUT2D eigenvalue weighted by Gasteiger charge is 2.24. The largest absolute Gasteiger partial charge is 0.756 e. The zero-order valence-electron chi connectivity index (χ0n) is 26.5. The van der Waals surface area contributed by atoms with Gasteiger partial charge >= 0.3 is 0 Å². The van der Waals surface area contributed by atoms with E-state index in [1.54, 1.807) is 0 Å². The molecule has 0 radical (unpaired) electrons. The van der Waals surface area contributed by atoms with Gasteiger partial charge in [0.25, 0.3) is 7.82 Å². The molecule has 0 bridgehead atoms. The Morgan fingerprint density at radius 1 is 0.850 bits per heavy atom. The molecule has 0 saturated carbocycles. The lowest BCUT2D eigenvalue weighted by Gasteiger charge is -2.30. The maximum atomic E-state index is 12.6. The Bertz CT molecular complexity index is 683. The first-order valence-electron chi connectivity index (χ1n) is 16.0. The summed E-state index contributed by atoms with van der Waals surface area (Å²) in [7, 11) is 1.28. The molecule has 0 aromatic carbocycles. The molecule has 0 aliphatic heterocycles. The summed E-state index contributed by atoms with van der Waals surface area (Å²) in [6.07, 6.45) is 22.3. The van der Waals surface area contributed by atoms with Gasteiger partial charge in [0.1, 0.15) is 13.2 Å². The molecule has 3 atom stereocenters. The molecule has 0 heterocycles. The van der Waals surface area contributed by atoms with Gasteiger partial charge in [-0.25, -0.2) is 0 Å². The van der Waals surface area contributed by atoms with Gasteiger partial charge in [-0.05, 0) is 38.5 Å². The van der Waals surface area contributed by atoms with E-state index in [-0.39, 0.29) is 19.1 Å². The number of rotatable bonds is 28. The van der Waals surface area contributed by atoms with Crippen LogP contribution in [0.4, 0.5) is 0 Å². The number of aliphatic hydroxyl groups excluding tert-OH is 1. The van der Waals surface area contributed by atoms with E-state index in [0.717, 1.165) is 44.9 Å². The minimum atomic E-state index is -4.54. The van der Waals surface area contributed by atoms with Gasteiger partial charge in [0.2, 0.25) is 5.91 Å². The lowest BCUT2D eigenvalue weighted by molar-refractivity contribution is -0.870. The number of aliphatic hydroxyl groups is 1. The Morgan fingerprint density at radius 3 is 1.95 bits per heavy atom. The Labute approximate surface area is 246 Å². The van der Waals surface area contributed by atoms with E-state index in [4.69, 9.17) is 9.05 Å². The lowest BCUT2D eigenvalue weighted by Crippen LogP contribution is -2.46. The van der Waals surface area contributed by atoms with Crippen LogP contribution in [0.3, 0.4) is 0 Å². The van der Waals surface area contributed by atoms with Gasteiger partial charge in [0.05, 0.1) is 39.9 Å². The van der Waals surface area contributed by atoms with E-state index in [1.807, 2.05) is 21.1 Å². The molecule has 0 saturated heterocycles. The van der Waals surface area contributed by atoms with Gasteiger partial charge < -0.3 is 28.8 Å². The van der Waals surface area contributed by atoms with Crippen LogP contribution in [0, 0.1) is 0 Å². The van der Waals surface area contributed by atoms with Crippen molar-refractivity contribution in [2.45, 2.75) is 142 Å². The number of carbonyl (C=O) groups is 1. The molecule has 0 aliphatic carbocycles. The van der Waals surface area contributed by atoms with Crippen LogP contribution in [0.1, 0.15) is 129 Å². The van der Waals surface area contributed by atoms with Crippen LogP contribution in [0.15, 0.2) is 12.2 Å². The van der Waals surface area contributed by atoms with Gasteiger partial charge in [0, 0.05) is 6.42 Å². The highest BCUT2D eigenvalue weighted by molar-refractivity contribution is 7.45. The molecule has 40 heavy (non-hydrogen) atoms. The predicted octanol–water partition coefficient (Wildman–Crippen LogP) is 6.66. The number of hydrogen-bond donors (Lipinski definition) is 2. The van der Waals surface area contributed by atoms with E-state index < -0.39 is 20.0 Å². The molecule has 1 amide bonds. The molecule has 9 heteroatoms. The quantitative estimate of drug-likeness (QED) is 0.0457. The van der Waals surface area contributed by atoms with Crippen molar-refractivity contribution in [3.63, 3.8) is 0 Å². The van der Waals surface area contributed by atoms with E-state index >= 15 is 0 Å². The second-order valence-corrected chi connectivity index (χ2v) is 13.6. The highest BCUT2D eigenvalue weighted by atomic mass is 31.2. The maximum Gasteiger partial charge on any atom is 0.268 e. The molecular formula is C31H63N2O6P. The predicted molar refractivity (Wildman–Crippen MR) is 164 cm³/mol. The summed E-state index contributed by atoms with van der Waals surface area (Å²) < 4.78 is 22.9. The number of nitrogens with one attached hydrogen (secondary N) is 1. The first kappa shape index (κ1) is 39.2. The van der Waals surface area contributed by atoms with Gasteiger partial charge in [0.15, 0.2) is 0 Å². The Balaban J connectivity index is 4.62. The molecule has 2 N–H and O–H groups in total. The van der Waals surface area contributed by atoms with Crippen molar-refractivity contribution in [3.05, 3.63) is 12.2 Å². The highest BCUT2D eigenvalue weighted by Crippen LogP contribution is 2.38. The van der Waals surface area contributed by atoms with Crippen LogP contribution in [0.2, 0.25) is 0 Å². The van der Waals surface area contributed by atoms with Crippen LogP contribution >= 0.6 is 7.82 Å². The number of carbonyl (C=O) groups excluding carboxylic acids is 1. The second-order valence-electron chi connectivity index (χ2n) is 12.2. The normalized spacial score (nSPS) is 15.3. The van der Waals surface area contributed by atoms with E-state index in [1.165, 1.54) is 57.8 Å². The summed E-state index contributed by atoms with van der Waals surface area (Å²) >= 11 is 0. The number of phosphoric acid groups is 1. The average Bonchev–Trinajstić information content (AvgIpc) is 2.88. The zero-order chi connectivity index (χ0) is 30.1. The van der Waals surface area contributed by atoms with Crippen molar-refractivity contribution in [1.82, 2.24) is 5.32 Å². The fraction of sp³-hybridized carbons (Fsp3) is 0.903. The number of likely N-dealkylation sites (N-methyl/N-ethyl adjacent to an activating group) is 1. The molecule has 0 aromatic rings. The first-order chi connectivity index (χ1) is 19.0. The first-order valence-corrected chi connectivity index (χ1v) is 17.5. The zero-order valence-corrected chi connectivity index (χ0v) is 27.4. The van der Waals surface area contributed by atoms with Crippen molar-refractivity contribution >= 4 is 13.7 Å². The van der Waals surface area contributed by atoms with Gasteiger partial charge in [-0.3, -0.25) is 9.36 Å². The summed E-state index contributed by atoms with van der Waals surface area (Å²) in [6.45, 7) is 4.59. The number of nitrogens with zero attached hydrogens (tertiary/aromatic N) is 1. The minimum absolute atomic E-state index is 0.00830. The minimum Gasteiger partial charge on any atom is -0.756 e. The van der Waals surface area contributed by atoms with Gasteiger partial charge in [-0.1, -0.05) is 96.6 Å². The summed E-state index contributed by atoms with van der Waals surface area (Å²) in [5.74, 6) is -0.185. The Kier molecular flexibility index (Phi) is 24.3. The monoisotopic (exact) mass is 590 g/mol. The van der Waals surface area contributed by atoms with Crippen LogP contribution in [0.5, 0.6) is 0 Å². The van der Waals surface area contributed by atoms with Crippen molar-refractivity contribution < 1.29 is 32.9 Å². The molecule has 0 aromatic heterocycles. The standard InChI is InChI=1S/C31H63N2O6P/c1-6-8-10-12-14-15-16-17-19-20-22-24-30(34)29(28-39-40(36,37)38-27-26-33(3,4)5)32-31(35)25-23-21-18-13-11-9-7-2/h16-17,29-30,34H,6-15,18-28H2,1-5H3,(H-,32,35,36,37)/b17-16+/t29-,30+/m0/s1. The average molecular weight is 591 g/mol. The van der Waals surface area contributed by atoms with Gasteiger partial charge in [-0.2, -0.15) is 0 Å². The van der Waals surface area contributed by atoms with E-state index in [0.29, 0.717) is 23.9 Å². The van der Waals surface area contributed by atoms with Crippen LogP contribution in [-0.4, -0.2) is 68.5 Å². The summed E-state index contributed by atoms with van der Waals surface area (Å²) in [5.41, 5.74) is 0. The topological polar surface area (TPSA) is 108 Å². The molecule has 0 spiro atoms. The molecular weight excluding hydrogens is 527 g/mol. The van der Waals surface area contributed by atoms with Crippen molar-refractivity contribution in [2.75, 3.05) is 40.9 Å². The lowest BCUT2D eigenvalue weighted by atomic mass is 10.0. The fourth-order valence-electron chi connectivity index (χ4n) is 4.32.